The van der Waals surface area contributed by atoms with Gasteiger partial charge in [0.15, 0.2) is 0 Å². The van der Waals surface area contributed by atoms with Crippen LogP contribution in [0.3, 0.4) is 0 Å². The van der Waals surface area contributed by atoms with Crippen LogP contribution < -0.4 is 27.0 Å². The number of primary amides is 1. The van der Waals surface area contributed by atoms with Gasteiger partial charge in [-0.25, -0.2) is 9.97 Å². The molecule has 2 aliphatic rings. The van der Waals surface area contributed by atoms with E-state index in [-0.39, 0.29) is 17.9 Å². The van der Waals surface area contributed by atoms with E-state index in [9.17, 15) is 9.59 Å². The maximum Gasteiger partial charge on any atom is 0.252 e. The largest absolute Gasteiger partial charge is 0.379 e. The van der Waals surface area contributed by atoms with E-state index in [2.05, 4.69) is 30.5 Å². The van der Waals surface area contributed by atoms with Crippen molar-refractivity contribution in [3.8, 4) is 0 Å². The second-order valence-corrected chi connectivity index (χ2v) is 13.5. The molecular weight excluding hydrogens is 648 g/mol. The number of hydrogen-bond acceptors (Lipinski definition) is 11. The van der Waals surface area contributed by atoms with Gasteiger partial charge in [0.25, 0.3) is 5.91 Å². The lowest BCUT2D eigenvalue weighted by Gasteiger charge is -2.39. The first kappa shape index (κ1) is 38.3. The lowest BCUT2D eigenvalue weighted by molar-refractivity contribution is -0.126. The number of carbonyl (C=O) groups excluding carboxylic acids is 2. The van der Waals surface area contributed by atoms with Crippen LogP contribution >= 0.6 is 0 Å². The summed E-state index contributed by atoms with van der Waals surface area (Å²) >= 11 is 0. The molecule has 0 atom stereocenters. The summed E-state index contributed by atoms with van der Waals surface area (Å²) in [5.41, 5.74) is 13.4. The molecule has 0 bridgehead atoms. The van der Waals surface area contributed by atoms with E-state index in [4.69, 9.17) is 25.7 Å². The summed E-state index contributed by atoms with van der Waals surface area (Å²) in [6, 6.07) is 8.19. The quantitative estimate of drug-likeness (QED) is 0.0936. The molecule has 3 aromatic heterocycles. The number of rotatable bonds is 24. The van der Waals surface area contributed by atoms with Crippen molar-refractivity contribution in [1.29, 1.82) is 0 Å². The van der Waals surface area contributed by atoms with Gasteiger partial charge in [-0.1, -0.05) is 0 Å². The average Bonchev–Trinajstić information content (AvgIpc) is 3.98. The first-order chi connectivity index (χ1) is 25.0. The number of nitrogens with two attached hydrogens (primary N) is 2. The van der Waals surface area contributed by atoms with Crippen molar-refractivity contribution < 1.29 is 23.8 Å². The maximum absolute atomic E-state index is 13.0. The summed E-state index contributed by atoms with van der Waals surface area (Å²) in [7, 11) is 0. The molecule has 278 valence electrons. The van der Waals surface area contributed by atoms with E-state index in [0.717, 1.165) is 107 Å². The van der Waals surface area contributed by atoms with E-state index < -0.39 is 5.91 Å². The molecule has 0 spiro atoms. The Balaban J connectivity index is 0.992. The summed E-state index contributed by atoms with van der Waals surface area (Å²) in [6.07, 6.45) is 16.7. The zero-order valence-electron chi connectivity index (χ0n) is 29.9. The van der Waals surface area contributed by atoms with Crippen LogP contribution in [0.5, 0.6) is 0 Å². The first-order valence-electron chi connectivity index (χ1n) is 18.8. The smallest absolute Gasteiger partial charge is 0.252 e. The minimum Gasteiger partial charge on any atom is -0.379 e. The third-order valence-corrected chi connectivity index (χ3v) is 9.57. The molecule has 3 heterocycles. The lowest BCUT2D eigenvalue weighted by atomic mass is 9.84. The molecule has 13 heteroatoms. The average molecular weight is 705 g/mol. The fourth-order valence-corrected chi connectivity index (χ4v) is 6.67. The van der Waals surface area contributed by atoms with Gasteiger partial charge in [0.05, 0.1) is 43.2 Å². The Morgan fingerprint density at radius 1 is 0.784 bits per heavy atom. The van der Waals surface area contributed by atoms with Gasteiger partial charge < -0.3 is 41.2 Å². The monoisotopic (exact) mass is 704 g/mol. The van der Waals surface area contributed by atoms with E-state index in [1.54, 1.807) is 18.6 Å². The minimum absolute atomic E-state index is 0.00616. The Hall–Kier alpha value is -3.91. The summed E-state index contributed by atoms with van der Waals surface area (Å²) < 4.78 is 16.8. The van der Waals surface area contributed by atoms with Gasteiger partial charge in [0, 0.05) is 67.8 Å². The van der Waals surface area contributed by atoms with Crippen LogP contribution in [0, 0.1) is 5.92 Å². The second kappa shape index (κ2) is 20.8. The number of nitrogens with one attached hydrogen (secondary N) is 2. The molecule has 0 aromatic carbocycles. The maximum atomic E-state index is 13.0. The van der Waals surface area contributed by atoms with Crippen LogP contribution in [-0.4, -0.2) is 91.6 Å². The van der Waals surface area contributed by atoms with Crippen molar-refractivity contribution in [3.05, 3.63) is 48.4 Å². The van der Waals surface area contributed by atoms with Crippen molar-refractivity contribution in [3.63, 3.8) is 0 Å². The number of ether oxygens (including phenoxy) is 3. The molecule has 51 heavy (non-hydrogen) atoms. The molecule has 2 fully saturated rings. The normalized spacial score (nSPS) is 17.4. The highest BCUT2D eigenvalue weighted by Crippen LogP contribution is 2.41. The zero-order valence-corrected chi connectivity index (χ0v) is 29.9. The molecule has 5 rings (SSSR count). The van der Waals surface area contributed by atoms with E-state index in [1.165, 1.54) is 0 Å². The molecule has 3 aromatic rings. The number of anilines is 3. The Labute approximate surface area is 301 Å². The van der Waals surface area contributed by atoms with Crippen LogP contribution in [-0.2, 0) is 19.0 Å². The Bertz CT molecular complexity index is 1510. The number of amides is 2. The van der Waals surface area contributed by atoms with E-state index >= 15 is 0 Å². The van der Waals surface area contributed by atoms with Crippen LogP contribution in [0.1, 0.15) is 87.4 Å². The molecule has 2 aliphatic carbocycles. The number of unbranched alkanes of at least 4 members (excludes halogenated alkanes) is 4. The van der Waals surface area contributed by atoms with Gasteiger partial charge in [-0.15, -0.1) is 0 Å². The zero-order chi connectivity index (χ0) is 35.7. The van der Waals surface area contributed by atoms with Gasteiger partial charge >= 0.3 is 0 Å². The summed E-state index contributed by atoms with van der Waals surface area (Å²) in [5, 5.41) is 7.42. The minimum atomic E-state index is -0.499. The molecule has 2 saturated carbocycles. The predicted octanol–water partition coefficient (Wildman–Crippen LogP) is 4.86. The molecule has 2 amide bonds. The van der Waals surface area contributed by atoms with Crippen LogP contribution in [0.25, 0.3) is 10.9 Å². The number of carbonyl (C=O) groups is 2. The van der Waals surface area contributed by atoms with Gasteiger partial charge in [0.1, 0.15) is 11.6 Å². The van der Waals surface area contributed by atoms with Crippen molar-refractivity contribution in [2.24, 2.45) is 17.4 Å². The van der Waals surface area contributed by atoms with Crippen molar-refractivity contribution >= 4 is 40.0 Å². The van der Waals surface area contributed by atoms with Crippen molar-refractivity contribution in [2.45, 2.75) is 89.1 Å². The lowest BCUT2D eigenvalue weighted by Crippen LogP contribution is -2.43. The van der Waals surface area contributed by atoms with Crippen LogP contribution in [0.4, 0.5) is 17.3 Å². The number of nitrogens with zero attached hydrogens (tertiary/aromatic N) is 4. The number of pyridine rings is 3. The van der Waals surface area contributed by atoms with Crippen LogP contribution in [0.2, 0.25) is 0 Å². The van der Waals surface area contributed by atoms with E-state index in [1.807, 2.05) is 24.3 Å². The third kappa shape index (κ3) is 12.4. The molecule has 0 aliphatic heterocycles. The fourth-order valence-electron chi connectivity index (χ4n) is 6.67. The van der Waals surface area contributed by atoms with Gasteiger partial charge in [-0.05, 0) is 102 Å². The number of hydrogen-bond donors (Lipinski definition) is 4. The first-order valence-corrected chi connectivity index (χ1v) is 18.8. The fraction of sp³-hybridized carbons (Fsp3) is 0.605. The molecule has 0 radical (unpaired) electrons. The Kier molecular flexibility index (Phi) is 15.6. The number of aromatic nitrogens is 3. The van der Waals surface area contributed by atoms with Crippen molar-refractivity contribution in [1.82, 2.24) is 20.3 Å². The highest BCUT2D eigenvalue weighted by atomic mass is 16.5. The molecule has 0 unspecified atom stereocenters. The molecule has 13 nitrogen and oxygen atoms in total. The summed E-state index contributed by atoms with van der Waals surface area (Å²) in [6.45, 7) is 5.23. The summed E-state index contributed by atoms with van der Waals surface area (Å²) in [5.74, 6) is 0.900. The highest BCUT2D eigenvalue weighted by molar-refractivity contribution is 5.99. The molecule has 0 saturated heterocycles. The van der Waals surface area contributed by atoms with Crippen molar-refractivity contribution in [2.75, 3.05) is 62.9 Å². The van der Waals surface area contributed by atoms with Gasteiger partial charge in [-0.3, -0.25) is 14.6 Å². The number of fused-ring (bicyclic) bond motifs is 1. The topological polar surface area (TPSA) is 180 Å². The second-order valence-electron chi connectivity index (χ2n) is 13.5. The molecule has 6 N–H and O–H groups in total. The van der Waals surface area contributed by atoms with Gasteiger partial charge in [0.2, 0.25) is 5.91 Å². The standard InChI is InChI=1S/C38H56N8O5/c39-16-3-1-5-19-49-21-23-51-24-22-50-20-6-2-4-17-42-38(48)28-7-10-30(11-8-28)46(31-12-13-31)34-25-36(43-27-32(34)37(40)47)45-35-14-9-29-26-41-18-15-33(29)44-35/h9,14-15,18,25-28,30-31H,1-8,10-13,16-17,19-24,39H2,(H2,40,47)(H,42,48)(H,43,44,45). The Morgan fingerprint density at radius 2 is 1.45 bits per heavy atom. The van der Waals surface area contributed by atoms with Crippen LogP contribution in [0.15, 0.2) is 42.9 Å². The Morgan fingerprint density at radius 3 is 2.12 bits per heavy atom. The predicted molar refractivity (Wildman–Crippen MR) is 199 cm³/mol. The SMILES string of the molecule is NCCCCCOCCOCCOCCCCCNC(=O)C1CCC(N(c2cc(Nc3ccc4cnccc4n3)ncc2C(N)=O)C2CC2)CC1. The molecular formula is C38H56N8O5. The summed E-state index contributed by atoms with van der Waals surface area (Å²) in [4.78, 5) is 41.3. The van der Waals surface area contributed by atoms with Gasteiger partial charge in [-0.2, -0.15) is 0 Å². The highest BCUT2D eigenvalue weighted by Gasteiger charge is 2.38. The van der Waals surface area contributed by atoms with E-state index in [0.29, 0.717) is 62.8 Å². The third-order valence-electron chi connectivity index (χ3n) is 9.57.